The molecule has 0 spiro atoms. The van der Waals surface area contributed by atoms with Crippen LogP contribution >= 0.6 is 0 Å². The Morgan fingerprint density at radius 1 is 1.10 bits per heavy atom. The van der Waals surface area contributed by atoms with Gasteiger partial charge in [-0.15, -0.1) is 0 Å². The van der Waals surface area contributed by atoms with Crippen LogP contribution in [0.4, 0.5) is 0 Å². The zero-order valence-electron chi connectivity index (χ0n) is 14.2. The molecule has 0 saturated heterocycles. The lowest BCUT2D eigenvalue weighted by Crippen LogP contribution is -2.27. The van der Waals surface area contributed by atoms with E-state index in [0.29, 0.717) is 11.5 Å². The van der Waals surface area contributed by atoms with Gasteiger partial charge >= 0.3 is 0 Å². The third-order valence-electron chi connectivity index (χ3n) is 4.67. The number of nitrogens with one attached hydrogen (secondary N) is 1. The second-order valence-electron chi connectivity index (χ2n) is 7.97. The quantitative estimate of drug-likeness (QED) is 0.632. The minimum atomic E-state index is 0.360. The highest BCUT2D eigenvalue weighted by Gasteiger charge is 2.20. The molecule has 1 N–H and O–H groups in total. The fraction of sp³-hybridized carbons (Fsp3) is 0.700. The average Bonchev–Trinajstić information content (AvgIpc) is 2.95. The molecule has 1 unspecified atom stereocenters. The summed E-state index contributed by atoms with van der Waals surface area (Å²) in [5.74, 6) is 1.02. The van der Waals surface area contributed by atoms with E-state index in [9.17, 15) is 0 Å². The molecule has 1 atom stereocenters. The van der Waals surface area contributed by atoms with E-state index in [-0.39, 0.29) is 0 Å². The molecule has 1 aromatic carbocycles. The van der Waals surface area contributed by atoms with Gasteiger partial charge in [0.25, 0.3) is 0 Å². The summed E-state index contributed by atoms with van der Waals surface area (Å²) in [7, 11) is 0. The molecular weight excluding hydrogens is 254 g/mol. The number of rotatable bonds is 7. The first-order chi connectivity index (χ1) is 10.0. The molecule has 0 amide bonds. The largest absolute Gasteiger partial charge is 0.310 e. The molecule has 0 heterocycles. The molecule has 0 bridgehead atoms. The molecule has 118 valence electrons. The predicted molar refractivity (Wildman–Crippen MR) is 92.4 cm³/mol. The van der Waals surface area contributed by atoms with Gasteiger partial charge in [0.2, 0.25) is 0 Å². The van der Waals surface area contributed by atoms with E-state index in [1.165, 1.54) is 50.5 Å². The monoisotopic (exact) mass is 287 g/mol. The zero-order valence-corrected chi connectivity index (χ0v) is 14.2. The van der Waals surface area contributed by atoms with Crippen LogP contribution in [0.1, 0.15) is 77.3 Å². The highest BCUT2D eigenvalue weighted by Crippen LogP contribution is 2.30. The molecular formula is C20H33N. The third-order valence-corrected chi connectivity index (χ3v) is 4.67. The van der Waals surface area contributed by atoms with Gasteiger partial charge < -0.3 is 5.32 Å². The molecule has 0 aromatic heterocycles. The Hall–Kier alpha value is -0.820. The first-order valence-corrected chi connectivity index (χ1v) is 8.83. The first kappa shape index (κ1) is 16.5. The maximum atomic E-state index is 3.82. The van der Waals surface area contributed by atoms with Crippen LogP contribution < -0.4 is 5.32 Å². The zero-order chi connectivity index (χ0) is 15.1. The van der Waals surface area contributed by atoms with Crippen molar-refractivity contribution >= 4 is 0 Å². The normalized spacial score (nSPS) is 18.0. The van der Waals surface area contributed by atoms with Crippen molar-refractivity contribution in [2.24, 2.45) is 11.3 Å². The van der Waals surface area contributed by atoms with Gasteiger partial charge in [0.05, 0.1) is 0 Å². The van der Waals surface area contributed by atoms with Crippen LogP contribution in [0.15, 0.2) is 30.3 Å². The molecule has 21 heavy (non-hydrogen) atoms. The molecule has 1 aliphatic carbocycles. The Bertz CT molecular complexity index is 384. The molecule has 1 aromatic rings. The standard InChI is InChI=1S/C20H33N/c1-20(2,3)16-19(18-13-5-4-6-14-18)21-15-9-12-17-10-7-8-11-17/h4-6,13-14,17,19,21H,7-12,15-16H2,1-3H3. The fourth-order valence-corrected chi connectivity index (χ4v) is 3.57. The molecule has 1 fully saturated rings. The Morgan fingerprint density at radius 3 is 2.38 bits per heavy atom. The van der Waals surface area contributed by atoms with Crippen molar-refractivity contribution in [3.63, 3.8) is 0 Å². The smallest absolute Gasteiger partial charge is 0.0325 e. The van der Waals surface area contributed by atoms with Gasteiger partial charge in [0.1, 0.15) is 0 Å². The summed E-state index contributed by atoms with van der Waals surface area (Å²) >= 11 is 0. The van der Waals surface area contributed by atoms with E-state index in [1.54, 1.807) is 0 Å². The van der Waals surface area contributed by atoms with Crippen LogP contribution in [0.2, 0.25) is 0 Å². The Kier molecular flexibility index (Phi) is 6.29. The van der Waals surface area contributed by atoms with Gasteiger partial charge in [0, 0.05) is 6.04 Å². The minimum Gasteiger partial charge on any atom is -0.310 e. The molecule has 0 aliphatic heterocycles. The van der Waals surface area contributed by atoms with E-state index >= 15 is 0 Å². The molecule has 1 saturated carbocycles. The van der Waals surface area contributed by atoms with Crippen molar-refractivity contribution in [2.45, 2.75) is 71.8 Å². The molecule has 1 nitrogen and oxygen atoms in total. The second kappa shape index (κ2) is 7.98. The van der Waals surface area contributed by atoms with Crippen molar-refractivity contribution in [2.75, 3.05) is 6.54 Å². The van der Waals surface area contributed by atoms with Crippen LogP contribution in [0.3, 0.4) is 0 Å². The summed E-state index contributed by atoms with van der Waals surface area (Å²) < 4.78 is 0. The maximum Gasteiger partial charge on any atom is 0.0325 e. The van der Waals surface area contributed by atoms with Crippen LogP contribution in [-0.2, 0) is 0 Å². The molecule has 1 aliphatic rings. The summed E-state index contributed by atoms with van der Waals surface area (Å²) in [6, 6.07) is 11.4. The molecule has 0 radical (unpaired) electrons. The fourth-order valence-electron chi connectivity index (χ4n) is 3.57. The van der Waals surface area contributed by atoms with Crippen molar-refractivity contribution in [1.29, 1.82) is 0 Å². The van der Waals surface area contributed by atoms with Gasteiger partial charge in [-0.25, -0.2) is 0 Å². The van der Waals surface area contributed by atoms with Gasteiger partial charge in [-0.05, 0) is 42.7 Å². The van der Waals surface area contributed by atoms with Crippen LogP contribution in [0.25, 0.3) is 0 Å². The Labute approximate surface area is 131 Å². The van der Waals surface area contributed by atoms with Crippen LogP contribution in [0, 0.1) is 11.3 Å². The lowest BCUT2D eigenvalue weighted by atomic mass is 9.85. The Balaban J connectivity index is 1.81. The van der Waals surface area contributed by atoms with Crippen molar-refractivity contribution < 1.29 is 0 Å². The van der Waals surface area contributed by atoms with Crippen LogP contribution in [-0.4, -0.2) is 6.54 Å². The van der Waals surface area contributed by atoms with E-state index < -0.39 is 0 Å². The highest BCUT2D eigenvalue weighted by atomic mass is 14.9. The number of benzene rings is 1. The summed E-state index contributed by atoms with van der Waals surface area (Å²) in [5.41, 5.74) is 1.80. The summed E-state index contributed by atoms with van der Waals surface area (Å²) in [4.78, 5) is 0. The Morgan fingerprint density at radius 2 is 1.76 bits per heavy atom. The number of hydrogen-bond acceptors (Lipinski definition) is 1. The summed E-state index contributed by atoms with van der Waals surface area (Å²) in [5, 5.41) is 3.82. The van der Waals surface area contributed by atoms with Gasteiger partial charge in [-0.1, -0.05) is 76.8 Å². The molecule has 1 heteroatoms. The predicted octanol–water partition coefficient (Wildman–Crippen LogP) is 5.72. The lowest BCUT2D eigenvalue weighted by molar-refractivity contribution is 0.308. The van der Waals surface area contributed by atoms with Crippen molar-refractivity contribution in [3.05, 3.63) is 35.9 Å². The van der Waals surface area contributed by atoms with E-state index in [1.807, 2.05) is 0 Å². The van der Waals surface area contributed by atoms with Gasteiger partial charge in [0.15, 0.2) is 0 Å². The van der Waals surface area contributed by atoms with E-state index in [2.05, 4.69) is 56.4 Å². The summed E-state index contributed by atoms with van der Waals surface area (Å²) in [6.45, 7) is 8.17. The average molecular weight is 287 g/mol. The lowest BCUT2D eigenvalue weighted by Gasteiger charge is -2.27. The van der Waals surface area contributed by atoms with Crippen LogP contribution in [0.5, 0.6) is 0 Å². The maximum absolute atomic E-state index is 3.82. The van der Waals surface area contributed by atoms with Gasteiger partial charge in [-0.2, -0.15) is 0 Å². The minimum absolute atomic E-state index is 0.360. The van der Waals surface area contributed by atoms with Crippen molar-refractivity contribution in [1.82, 2.24) is 5.32 Å². The SMILES string of the molecule is CC(C)(C)CC(NCCCC1CCCC1)c1ccccc1. The van der Waals surface area contributed by atoms with Gasteiger partial charge in [-0.3, -0.25) is 0 Å². The highest BCUT2D eigenvalue weighted by molar-refractivity contribution is 5.19. The van der Waals surface area contributed by atoms with Crippen molar-refractivity contribution in [3.8, 4) is 0 Å². The summed E-state index contributed by atoms with van der Waals surface area (Å²) in [6.07, 6.45) is 9.83. The first-order valence-electron chi connectivity index (χ1n) is 8.83. The number of hydrogen-bond donors (Lipinski definition) is 1. The molecule has 2 rings (SSSR count). The van der Waals surface area contributed by atoms with E-state index in [4.69, 9.17) is 0 Å². The topological polar surface area (TPSA) is 12.0 Å². The second-order valence-corrected chi connectivity index (χ2v) is 7.97. The van der Waals surface area contributed by atoms with E-state index in [0.717, 1.165) is 12.5 Å². The third kappa shape index (κ3) is 6.22.